The van der Waals surface area contributed by atoms with E-state index in [1.54, 1.807) is 0 Å². The fourth-order valence-corrected chi connectivity index (χ4v) is 3.74. The highest BCUT2D eigenvalue weighted by Crippen LogP contribution is 2.36. The van der Waals surface area contributed by atoms with Crippen molar-refractivity contribution in [1.29, 1.82) is 0 Å². The molecule has 1 aromatic carbocycles. The van der Waals surface area contributed by atoms with Gasteiger partial charge in [-0.15, -0.1) is 0 Å². The van der Waals surface area contributed by atoms with E-state index >= 15 is 0 Å². The molecule has 0 amide bonds. The predicted molar refractivity (Wildman–Crippen MR) is 91.7 cm³/mol. The van der Waals surface area contributed by atoms with E-state index in [2.05, 4.69) is 34.1 Å². The van der Waals surface area contributed by atoms with E-state index in [9.17, 15) is 13.2 Å². The molecule has 1 saturated carbocycles. The molecule has 0 aromatic heterocycles. The Morgan fingerprint density at radius 2 is 1.91 bits per heavy atom. The van der Waals surface area contributed by atoms with Gasteiger partial charge in [0.2, 0.25) is 0 Å². The van der Waals surface area contributed by atoms with Gasteiger partial charge in [-0.05, 0) is 79.0 Å². The van der Waals surface area contributed by atoms with Gasteiger partial charge in [0.25, 0.3) is 0 Å². The van der Waals surface area contributed by atoms with Gasteiger partial charge in [-0.25, -0.2) is 0 Å². The minimum Gasteiger partial charge on any atom is -0.171 e. The summed E-state index contributed by atoms with van der Waals surface area (Å²) in [5.74, 6) is 1.21. The maximum Gasteiger partial charge on any atom is 0.389 e. The first-order valence-electron chi connectivity index (χ1n) is 8.32. The van der Waals surface area contributed by atoms with Crippen LogP contribution in [0.2, 0.25) is 0 Å². The molecule has 0 bridgehead atoms. The number of hydrogen-bond acceptors (Lipinski definition) is 0. The molecule has 23 heavy (non-hydrogen) atoms. The number of alkyl halides is 3. The monoisotopic (exact) mass is 387 g/mol. The molecule has 0 nitrogen and oxygen atoms in total. The summed E-state index contributed by atoms with van der Waals surface area (Å²) in [7, 11) is 0. The molecule has 2 rings (SSSR count). The first kappa shape index (κ1) is 18.6. The SMILES string of the molecule is FC(F)(F)CCCCc1cc[c]c([C@H]2CC[C@H](/C=C/Br)CC2)c1. The van der Waals surface area contributed by atoms with Crippen LogP contribution < -0.4 is 0 Å². The van der Waals surface area contributed by atoms with Gasteiger partial charge in [-0.2, -0.15) is 13.2 Å². The Labute approximate surface area is 145 Å². The van der Waals surface area contributed by atoms with Gasteiger partial charge in [-0.1, -0.05) is 40.2 Å². The summed E-state index contributed by atoms with van der Waals surface area (Å²) in [6, 6.07) is 9.40. The smallest absolute Gasteiger partial charge is 0.171 e. The van der Waals surface area contributed by atoms with Gasteiger partial charge in [-0.3, -0.25) is 0 Å². The minimum atomic E-state index is -4.03. The van der Waals surface area contributed by atoms with Crippen molar-refractivity contribution in [3.8, 4) is 0 Å². The van der Waals surface area contributed by atoms with Crippen molar-refractivity contribution in [3.63, 3.8) is 0 Å². The molecule has 0 unspecified atom stereocenters. The van der Waals surface area contributed by atoms with E-state index in [0.717, 1.165) is 24.8 Å². The van der Waals surface area contributed by atoms with E-state index in [1.807, 2.05) is 17.1 Å². The molecule has 1 fully saturated rings. The van der Waals surface area contributed by atoms with Crippen molar-refractivity contribution in [1.82, 2.24) is 0 Å². The highest BCUT2D eigenvalue weighted by Gasteiger charge is 2.26. The standard InChI is InChI=1S/C19H23BrF3/c20-13-11-15-7-9-17(10-8-15)18-6-3-5-16(14-18)4-1-2-12-19(21,22)23/h3,5,11,13-15,17H,1-2,4,7-10,12H2/b13-11+/t15-,17-. The largest absolute Gasteiger partial charge is 0.389 e. The van der Waals surface area contributed by atoms with Crippen LogP contribution in [0.1, 0.15) is 62.0 Å². The number of benzene rings is 1. The lowest BCUT2D eigenvalue weighted by molar-refractivity contribution is -0.135. The van der Waals surface area contributed by atoms with Crippen LogP contribution in [0, 0.1) is 12.0 Å². The number of allylic oxidation sites excluding steroid dienone is 1. The van der Waals surface area contributed by atoms with Crippen LogP contribution in [0.15, 0.2) is 29.3 Å². The Bertz CT molecular complexity index is 500. The van der Waals surface area contributed by atoms with Crippen molar-refractivity contribution in [2.45, 2.75) is 63.5 Å². The second-order valence-corrected chi connectivity index (χ2v) is 6.93. The Balaban J connectivity index is 1.83. The molecular formula is C19H23BrF3. The van der Waals surface area contributed by atoms with Crippen LogP contribution in [0.4, 0.5) is 13.2 Å². The zero-order chi connectivity index (χ0) is 16.7. The molecule has 4 heteroatoms. The maximum atomic E-state index is 12.2. The van der Waals surface area contributed by atoms with Crippen molar-refractivity contribution in [2.75, 3.05) is 0 Å². The number of halogens is 4. The molecular weight excluding hydrogens is 365 g/mol. The zero-order valence-electron chi connectivity index (χ0n) is 13.2. The summed E-state index contributed by atoms with van der Waals surface area (Å²) < 4.78 is 36.5. The molecule has 0 heterocycles. The van der Waals surface area contributed by atoms with Crippen LogP contribution in [-0.2, 0) is 6.42 Å². The second-order valence-electron chi connectivity index (χ2n) is 6.40. The Morgan fingerprint density at radius 3 is 2.57 bits per heavy atom. The summed E-state index contributed by atoms with van der Waals surface area (Å²) in [6.45, 7) is 0. The van der Waals surface area contributed by atoms with E-state index in [0.29, 0.717) is 18.3 Å². The van der Waals surface area contributed by atoms with E-state index in [1.165, 1.54) is 18.4 Å². The van der Waals surface area contributed by atoms with Crippen molar-refractivity contribution < 1.29 is 13.2 Å². The highest BCUT2D eigenvalue weighted by atomic mass is 79.9. The summed E-state index contributed by atoms with van der Waals surface area (Å²) in [6.07, 6.45) is 3.74. The molecule has 0 N–H and O–H groups in total. The van der Waals surface area contributed by atoms with Gasteiger partial charge in [0.05, 0.1) is 0 Å². The molecule has 0 aliphatic heterocycles. The van der Waals surface area contributed by atoms with Crippen LogP contribution in [0.25, 0.3) is 0 Å². The Hall–Kier alpha value is -0.770. The van der Waals surface area contributed by atoms with E-state index in [4.69, 9.17) is 0 Å². The lowest BCUT2D eigenvalue weighted by Gasteiger charge is -2.27. The topological polar surface area (TPSA) is 0 Å². The van der Waals surface area contributed by atoms with Crippen LogP contribution in [0.5, 0.6) is 0 Å². The van der Waals surface area contributed by atoms with Gasteiger partial charge >= 0.3 is 6.18 Å². The molecule has 1 aliphatic rings. The third kappa shape index (κ3) is 6.70. The highest BCUT2D eigenvalue weighted by molar-refractivity contribution is 9.11. The zero-order valence-corrected chi connectivity index (χ0v) is 14.8. The fraction of sp³-hybridized carbons (Fsp3) is 0.579. The number of rotatable bonds is 6. The maximum absolute atomic E-state index is 12.2. The van der Waals surface area contributed by atoms with E-state index < -0.39 is 12.6 Å². The number of aryl methyl sites for hydroxylation is 1. The summed E-state index contributed by atoms with van der Waals surface area (Å²) in [5.41, 5.74) is 2.38. The van der Waals surface area contributed by atoms with Crippen molar-refractivity contribution in [3.05, 3.63) is 46.5 Å². The summed E-state index contributed by atoms with van der Waals surface area (Å²) >= 11 is 3.34. The first-order valence-corrected chi connectivity index (χ1v) is 9.23. The second kappa shape index (κ2) is 8.91. The van der Waals surface area contributed by atoms with Gasteiger partial charge in [0.1, 0.15) is 0 Å². The quantitative estimate of drug-likeness (QED) is 0.463. The molecule has 127 valence electrons. The molecule has 0 saturated heterocycles. The molecule has 1 aromatic rings. The Kier molecular flexibility index (Phi) is 7.19. The number of hydrogen-bond donors (Lipinski definition) is 0. The van der Waals surface area contributed by atoms with E-state index in [-0.39, 0.29) is 6.42 Å². The average Bonchev–Trinajstić information content (AvgIpc) is 2.52. The summed E-state index contributed by atoms with van der Waals surface area (Å²) in [5, 5.41) is 0. The van der Waals surface area contributed by atoms with Gasteiger partial charge < -0.3 is 0 Å². The first-order chi connectivity index (χ1) is 11.0. The van der Waals surface area contributed by atoms with Gasteiger partial charge in [0, 0.05) is 6.42 Å². The fourth-order valence-electron chi connectivity index (χ4n) is 3.31. The Morgan fingerprint density at radius 1 is 1.17 bits per heavy atom. The molecule has 0 atom stereocenters. The third-order valence-corrected chi connectivity index (χ3v) is 4.93. The number of unbranched alkanes of at least 4 members (excludes halogenated alkanes) is 1. The van der Waals surface area contributed by atoms with Crippen LogP contribution in [0.3, 0.4) is 0 Å². The molecule has 1 aliphatic carbocycles. The molecule has 0 spiro atoms. The lowest BCUT2D eigenvalue weighted by atomic mass is 9.78. The van der Waals surface area contributed by atoms with Crippen molar-refractivity contribution in [2.24, 2.45) is 5.92 Å². The average molecular weight is 388 g/mol. The van der Waals surface area contributed by atoms with Crippen LogP contribution in [-0.4, -0.2) is 6.18 Å². The molecule has 1 radical (unpaired) electrons. The third-order valence-electron chi connectivity index (χ3n) is 4.62. The summed E-state index contributed by atoms with van der Waals surface area (Å²) in [4.78, 5) is 1.95. The van der Waals surface area contributed by atoms with Crippen molar-refractivity contribution >= 4 is 15.9 Å². The lowest BCUT2D eigenvalue weighted by Crippen LogP contribution is -2.12. The minimum absolute atomic E-state index is 0.210. The van der Waals surface area contributed by atoms with Gasteiger partial charge in [0.15, 0.2) is 0 Å². The van der Waals surface area contributed by atoms with Crippen LogP contribution >= 0.6 is 15.9 Å². The predicted octanol–water partition coefficient (Wildman–Crippen LogP) is 6.94. The normalized spacial score (nSPS) is 22.6.